The van der Waals surface area contributed by atoms with E-state index in [-0.39, 0.29) is 0 Å². The lowest BCUT2D eigenvalue weighted by Crippen LogP contribution is -2.22. The zero-order valence-electron chi connectivity index (χ0n) is 10.3. The highest BCUT2D eigenvalue weighted by Gasteiger charge is 2.19. The van der Waals surface area contributed by atoms with Gasteiger partial charge >= 0.3 is 0 Å². The second-order valence-corrected chi connectivity index (χ2v) is 5.83. The lowest BCUT2D eigenvalue weighted by Gasteiger charge is -2.18. The van der Waals surface area contributed by atoms with E-state index in [1.807, 2.05) is 11.3 Å². The van der Waals surface area contributed by atoms with Gasteiger partial charge in [0.15, 0.2) is 0 Å². The monoisotopic (exact) mass is 235 g/mol. The molecular weight excluding hydrogens is 214 g/mol. The van der Waals surface area contributed by atoms with Gasteiger partial charge in [-0.2, -0.15) is 0 Å². The third-order valence-electron chi connectivity index (χ3n) is 3.09. The molecule has 1 heterocycles. The van der Waals surface area contributed by atoms with Gasteiger partial charge in [0, 0.05) is 9.75 Å². The third kappa shape index (κ3) is 2.74. The molecule has 1 unspecified atom stereocenters. The molecule has 16 heavy (non-hydrogen) atoms. The van der Waals surface area contributed by atoms with Crippen molar-refractivity contribution in [2.75, 3.05) is 6.54 Å². The average Bonchev–Trinajstić information content (AvgIpc) is 2.91. The number of hydrogen-bond donors (Lipinski definition) is 1. The van der Waals surface area contributed by atoms with Gasteiger partial charge in [0.25, 0.3) is 0 Å². The summed E-state index contributed by atoms with van der Waals surface area (Å²) in [7, 11) is 0. The maximum Gasteiger partial charge on any atom is 0.0630 e. The topological polar surface area (TPSA) is 12.0 Å². The van der Waals surface area contributed by atoms with Gasteiger partial charge in [0.05, 0.1) is 6.04 Å². The van der Waals surface area contributed by atoms with Gasteiger partial charge in [-0.15, -0.1) is 11.3 Å². The van der Waals surface area contributed by atoms with Crippen LogP contribution in [-0.4, -0.2) is 6.54 Å². The molecule has 0 saturated carbocycles. The maximum absolute atomic E-state index is 3.68. The quantitative estimate of drug-likeness (QED) is 0.754. The van der Waals surface area contributed by atoms with Crippen LogP contribution < -0.4 is 5.32 Å². The average molecular weight is 235 g/mol. The van der Waals surface area contributed by atoms with Crippen molar-refractivity contribution < 1.29 is 0 Å². The van der Waals surface area contributed by atoms with Crippen molar-refractivity contribution in [1.29, 1.82) is 0 Å². The predicted molar refractivity (Wildman–Crippen MR) is 72.0 cm³/mol. The highest BCUT2D eigenvalue weighted by Crippen LogP contribution is 2.33. The van der Waals surface area contributed by atoms with Gasteiger partial charge in [-0.3, -0.25) is 0 Å². The molecule has 0 spiro atoms. The summed E-state index contributed by atoms with van der Waals surface area (Å²) in [5.41, 5.74) is 1.61. The SMILES string of the molecule is CCCNC(C1=CCCC1)c1ccc(C)s1. The summed E-state index contributed by atoms with van der Waals surface area (Å²) in [6, 6.07) is 5.00. The van der Waals surface area contributed by atoms with Crippen LogP contribution in [0, 0.1) is 6.92 Å². The summed E-state index contributed by atoms with van der Waals surface area (Å²) in [6.45, 7) is 5.53. The smallest absolute Gasteiger partial charge is 0.0630 e. The Bertz CT molecular complexity index is 365. The minimum absolute atomic E-state index is 0.487. The van der Waals surface area contributed by atoms with Crippen molar-refractivity contribution >= 4 is 11.3 Å². The molecule has 0 aromatic carbocycles. The van der Waals surface area contributed by atoms with Crippen LogP contribution in [-0.2, 0) is 0 Å². The van der Waals surface area contributed by atoms with Gasteiger partial charge in [-0.1, -0.05) is 18.6 Å². The predicted octanol–water partition coefficient (Wildman–Crippen LogP) is 4.21. The second-order valence-electron chi connectivity index (χ2n) is 4.51. The summed E-state index contributed by atoms with van der Waals surface area (Å²) in [5.74, 6) is 0. The minimum atomic E-state index is 0.487. The fourth-order valence-corrected chi connectivity index (χ4v) is 3.27. The summed E-state index contributed by atoms with van der Waals surface area (Å²) in [4.78, 5) is 2.90. The Balaban J connectivity index is 2.13. The van der Waals surface area contributed by atoms with E-state index in [1.165, 1.54) is 35.4 Å². The van der Waals surface area contributed by atoms with Crippen molar-refractivity contribution in [1.82, 2.24) is 5.32 Å². The van der Waals surface area contributed by atoms with E-state index in [4.69, 9.17) is 0 Å². The molecule has 0 aliphatic heterocycles. The highest BCUT2D eigenvalue weighted by atomic mass is 32.1. The first-order valence-electron chi connectivity index (χ1n) is 6.30. The first-order valence-corrected chi connectivity index (χ1v) is 7.11. The molecule has 0 radical (unpaired) electrons. The zero-order valence-corrected chi connectivity index (χ0v) is 11.1. The van der Waals surface area contributed by atoms with Crippen LogP contribution in [0.1, 0.15) is 48.4 Å². The summed E-state index contributed by atoms with van der Waals surface area (Å²) in [5, 5.41) is 3.68. The first-order chi connectivity index (χ1) is 7.81. The van der Waals surface area contributed by atoms with Gasteiger partial charge in [0.2, 0.25) is 0 Å². The summed E-state index contributed by atoms with van der Waals surface area (Å²) in [6.07, 6.45) is 7.52. The molecule has 0 saturated heterocycles. The van der Waals surface area contributed by atoms with Gasteiger partial charge in [-0.25, -0.2) is 0 Å². The van der Waals surface area contributed by atoms with Gasteiger partial charge < -0.3 is 5.32 Å². The Morgan fingerprint density at radius 2 is 2.31 bits per heavy atom. The van der Waals surface area contributed by atoms with Crippen LogP contribution in [0.25, 0.3) is 0 Å². The van der Waals surface area contributed by atoms with Crippen LogP contribution in [0.15, 0.2) is 23.8 Å². The van der Waals surface area contributed by atoms with Crippen LogP contribution in [0.2, 0.25) is 0 Å². The van der Waals surface area contributed by atoms with E-state index < -0.39 is 0 Å². The van der Waals surface area contributed by atoms with E-state index in [0.29, 0.717) is 6.04 Å². The Morgan fingerprint density at radius 3 is 2.88 bits per heavy atom. The molecule has 1 atom stereocenters. The third-order valence-corrected chi connectivity index (χ3v) is 4.16. The largest absolute Gasteiger partial charge is 0.306 e. The zero-order chi connectivity index (χ0) is 11.4. The van der Waals surface area contributed by atoms with E-state index >= 15 is 0 Å². The van der Waals surface area contributed by atoms with E-state index in [9.17, 15) is 0 Å². The second kappa shape index (κ2) is 5.65. The van der Waals surface area contributed by atoms with Crippen LogP contribution in [0.3, 0.4) is 0 Å². The van der Waals surface area contributed by atoms with Crippen molar-refractivity contribution in [3.8, 4) is 0 Å². The molecule has 0 amide bonds. The maximum atomic E-state index is 3.68. The molecule has 1 aliphatic rings. The molecule has 88 valence electrons. The van der Waals surface area contributed by atoms with Crippen molar-refractivity contribution in [3.05, 3.63) is 33.5 Å². The normalized spacial score (nSPS) is 17.5. The summed E-state index contributed by atoms with van der Waals surface area (Å²) >= 11 is 1.93. The fraction of sp³-hybridized carbons (Fsp3) is 0.571. The molecule has 2 heteroatoms. The molecule has 0 fully saturated rings. The molecule has 0 bridgehead atoms. The minimum Gasteiger partial charge on any atom is -0.306 e. The number of hydrogen-bond acceptors (Lipinski definition) is 2. The number of nitrogens with one attached hydrogen (secondary N) is 1. The molecule has 1 nitrogen and oxygen atoms in total. The van der Waals surface area contributed by atoms with Crippen LogP contribution in [0.4, 0.5) is 0 Å². The van der Waals surface area contributed by atoms with E-state index in [1.54, 1.807) is 5.57 Å². The fourth-order valence-electron chi connectivity index (χ4n) is 2.27. The molecular formula is C14H21NS. The van der Waals surface area contributed by atoms with Crippen molar-refractivity contribution in [2.45, 2.75) is 45.6 Å². The Morgan fingerprint density at radius 1 is 1.44 bits per heavy atom. The van der Waals surface area contributed by atoms with Crippen LogP contribution in [0.5, 0.6) is 0 Å². The molecule has 1 N–H and O–H groups in total. The Hall–Kier alpha value is -0.600. The summed E-state index contributed by atoms with van der Waals surface area (Å²) < 4.78 is 0. The molecule has 1 aliphatic carbocycles. The van der Waals surface area contributed by atoms with Gasteiger partial charge in [0.1, 0.15) is 0 Å². The Labute approximate surface area is 103 Å². The first kappa shape index (κ1) is 11.9. The standard InChI is InChI=1S/C14H21NS/c1-3-10-15-14(12-6-4-5-7-12)13-9-8-11(2)16-13/h6,8-9,14-15H,3-5,7,10H2,1-2H3. The van der Waals surface area contributed by atoms with E-state index in [0.717, 1.165) is 6.54 Å². The van der Waals surface area contributed by atoms with Gasteiger partial charge in [-0.05, 0) is 51.3 Å². The molecule has 2 rings (SSSR count). The lowest BCUT2D eigenvalue weighted by molar-refractivity contribution is 0.586. The number of allylic oxidation sites excluding steroid dienone is 1. The number of rotatable bonds is 5. The highest BCUT2D eigenvalue weighted by molar-refractivity contribution is 7.12. The lowest BCUT2D eigenvalue weighted by atomic mass is 10.0. The van der Waals surface area contributed by atoms with E-state index in [2.05, 4.69) is 37.4 Å². The molecule has 1 aromatic heterocycles. The number of thiophene rings is 1. The molecule has 1 aromatic rings. The Kier molecular flexibility index (Phi) is 4.19. The van der Waals surface area contributed by atoms with Crippen molar-refractivity contribution in [2.24, 2.45) is 0 Å². The van der Waals surface area contributed by atoms with Crippen LogP contribution >= 0.6 is 11.3 Å². The number of aryl methyl sites for hydroxylation is 1. The van der Waals surface area contributed by atoms with Crippen molar-refractivity contribution in [3.63, 3.8) is 0 Å².